The van der Waals surface area contributed by atoms with Crippen molar-refractivity contribution in [2.24, 2.45) is 32.9 Å². The number of Topliss-reactive ketones (excluding diaryl/α,β-unsaturated/α-hetero) is 1. The van der Waals surface area contributed by atoms with Gasteiger partial charge in [-0.1, -0.05) is 15.9 Å². The molecule has 12 N–H and O–H groups in total. The summed E-state index contributed by atoms with van der Waals surface area (Å²) in [6.45, 7) is -0.532. The monoisotopic (exact) mass is 641 g/mol. The Kier molecular flexibility index (Phi) is 15.9. The number of nitrogens with one attached hydrogen (secondary N) is 3. The molecule has 0 spiro atoms. The second-order valence-corrected chi connectivity index (χ2v) is 9.12. The molecule has 1 aromatic rings. The van der Waals surface area contributed by atoms with Gasteiger partial charge in [0.25, 0.3) is 5.91 Å². The lowest BCUT2D eigenvalue weighted by Crippen LogP contribution is -2.53. The number of carbonyl (C=O) groups excluding carboxylic acids is 4. The van der Waals surface area contributed by atoms with E-state index in [9.17, 15) is 29.1 Å². The Morgan fingerprint density at radius 3 is 1.93 bits per heavy atom. The number of nitrogens with two attached hydrogens (primary N) is 4. The number of ether oxygens (including phenoxy) is 1. The van der Waals surface area contributed by atoms with Crippen LogP contribution in [0, 0.1) is 0 Å². The van der Waals surface area contributed by atoms with Crippen LogP contribution >= 0.6 is 15.9 Å². The van der Waals surface area contributed by atoms with Crippen LogP contribution < -0.4 is 43.6 Å². The number of carboxylic acid groups (broad SMARTS) is 1. The van der Waals surface area contributed by atoms with Gasteiger partial charge in [-0.2, -0.15) is 0 Å². The third kappa shape index (κ3) is 15.1. The highest BCUT2D eigenvalue weighted by molar-refractivity contribution is 9.09. The zero-order valence-electron chi connectivity index (χ0n) is 22.3. The van der Waals surface area contributed by atoms with E-state index in [1.54, 1.807) is 12.1 Å². The molecule has 2 unspecified atom stereocenters. The molecule has 0 radical (unpaired) electrons. The molecule has 1 rings (SSSR count). The van der Waals surface area contributed by atoms with Gasteiger partial charge in [0.1, 0.15) is 17.8 Å². The first-order valence-electron chi connectivity index (χ1n) is 12.4. The van der Waals surface area contributed by atoms with Crippen LogP contribution in [0.25, 0.3) is 0 Å². The Bertz CT molecular complexity index is 1110. The summed E-state index contributed by atoms with van der Waals surface area (Å²) in [4.78, 5) is 68.4. The maximum atomic E-state index is 12.9. The fourth-order valence-electron chi connectivity index (χ4n) is 3.24. The van der Waals surface area contributed by atoms with Crippen LogP contribution in [0.5, 0.6) is 5.75 Å². The fourth-order valence-corrected chi connectivity index (χ4v) is 3.57. The SMILES string of the molecule is NC(N)=NCCCC(NC(=O)C(CCCN=C(N)N)NC(=O)CNC(=O)COc1ccc(C(=O)CBr)cc1)C(=O)O. The number of benzene rings is 1. The molecule has 0 bridgehead atoms. The van der Waals surface area contributed by atoms with Crippen molar-refractivity contribution in [3.8, 4) is 5.75 Å². The standard InChI is InChI=1S/C24H36BrN9O7/c25-11-18(35)14-5-7-15(8-6-14)41-13-20(37)32-12-19(36)33-16(3-1-9-30-23(26)27)21(38)34-17(22(39)40)4-2-10-31-24(28)29/h5-8,16-17H,1-4,9-13H2,(H,32,37)(H,33,36)(H,34,38)(H,39,40)(H4,26,27,30)(H4,28,29,31). The van der Waals surface area contributed by atoms with Gasteiger partial charge in [-0.3, -0.25) is 29.2 Å². The van der Waals surface area contributed by atoms with E-state index in [0.717, 1.165) is 0 Å². The van der Waals surface area contributed by atoms with Crippen molar-refractivity contribution < 1.29 is 33.8 Å². The van der Waals surface area contributed by atoms with E-state index in [1.807, 2.05) is 0 Å². The molecule has 0 heterocycles. The minimum Gasteiger partial charge on any atom is -0.484 e. The number of aliphatic carboxylic acids is 1. The number of guanidine groups is 2. The van der Waals surface area contributed by atoms with Gasteiger partial charge in [-0.15, -0.1) is 0 Å². The Labute approximate surface area is 244 Å². The van der Waals surface area contributed by atoms with Crippen molar-refractivity contribution in [2.45, 2.75) is 37.8 Å². The van der Waals surface area contributed by atoms with Crippen LogP contribution in [0.1, 0.15) is 36.0 Å². The molecule has 0 saturated heterocycles. The number of hydrogen-bond donors (Lipinski definition) is 8. The number of ketones is 1. The Hall–Kier alpha value is -4.41. The second kappa shape index (κ2) is 18.8. The maximum absolute atomic E-state index is 12.9. The number of hydrogen-bond acceptors (Lipinski definition) is 8. The summed E-state index contributed by atoms with van der Waals surface area (Å²) in [5.74, 6) is -3.36. The number of alkyl halides is 1. The molecule has 0 aliphatic heterocycles. The highest BCUT2D eigenvalue weighted by Crippen LogP contribution is 2.13. The summed E-state index contributed by atoms with van der Waals surface area (Å²) in [5.41, 5.74) is 21.6. The molecule has 0 aliphatic rings. The second-order valence-electron chi connectivity index (χ2n) is 8.56. The number of carbonyl (C=O) groups is 5. The number of carboxylic acids is 1. The number of aliphatic imine (C=N–C) groups is 2. The Morgan fingerprint density at radius 1 is 0.854 bits per heavy atom. The molecular formula is C24H36BrN9O7. The van der Waals surface area contributed by atoms with Crippen LogP contribution in [0.3, 0.4) is 0 Å². The lowest BCUT2D eigenvalue weighted by atomic mass is 10.1. The lowest BCUT2D eigenvalue weighted by molar-refractivity contribution is -0.142. The zero-order valence-corrected chi connectivity index (χ0v) is 23.9. The van der Waals surface area contributed by atoms with E-state index >= 15 is 0 Å². The fraction of sp³-hybridized carbons (Fsp3) is 0.458. The summed E-state index contributed by atoms with van der Waals surface area (Å²) in [6.07, 6.45) is 0.694. The summed E-state index contributed by atoms with van der Waals surface area (Å²) in [7, 11) is 0. The first kappa shape index (κ1) is 34.6. The summed E-state index contributed by atoms with van der Waals surface area (Å²) >= 11 is 3.09. The normalized spacial score (nSPS) is 11.7. The smallest absolute Gasteiger partial charge is 0.326 e. The summed E-state index contributed by atoms with van der Waals surface area (Å²) in [5, 5.41) is 16.9. The van der Waals surface area contributed by atoms with Crippen LogP contribution in [-0.2, 0) is 19.2 Å². The lowest BCUT2D eigenvalue weighted by Gasteiger charge is -2.21. The molecule has 41 heavy (non-hydrogen) atoms. The van der Waals surface area contributed by atoms with E-state index in [4.69, 9.17) is 27.7 Å². The van der Waals surface area contributed by atoms with Gasteiger partial charge in [0.2, 0.25) is 11.8 Å². The Morgan fingerprint density at radius 2 is 1.41 bits per heavy atom. The minimum absolute atomic E-state index is 0.0398. The highest BCUT2D eigenvalue weighted by atomic mass is 79.9. The van der Waals surface area contributed by atoms with Gasteiger partial charge in [-0.05, 0) is 49.9 Å². The largest absolute Gasteiger partial charge is 0.484 e. The van der Waals surface area contributed by atoms with Crippen molar-refractivity contribution >= 4 is 57.3 Å². The molecule has 0 saturated carbocycles. The average molecular weight is 643 g/mol. The molecule has 3 amide bonds. The van der Waals surface area contributed by atoms with Gasteiger partial charge in [0, 0.05) is 18.7 Å². The topological polar surface area (TPSA) is 280 Å². The van der Waals surface area contributed by atoms with Crippen molar-refractivity contribution in [2.75, 3.05) is 31.6 Å². The number of rotatable bonds is 19. The predicted octanol–water partition coefficient (Wildman–Crippen LogP) is -2.08. The van der Waals surface area contributed by atoms with Gasteiger partial charge in [0.15, 0.2) is 24.3 Å². The molecule has 0 fully saturated rings. The molecule has 1 aromatic carbocycles. The molecule has 16 nitrogen and oxygen atoms in total. The predicted molar refractivity (Wildman–Crippen MR) is 154 cm³/mol. The van der Waals surface area contributed by atoms with E-state index in [1.165, 1.54) is 12.1 Å². The van der Waals surface area contributed by atoms with Crippen molar-refractivity contribution in [1.82, 2.24) is 16.0 Å². The van der Waals surface area contributed by atoms with Crippen molar-refractivity contribution in [3.05, 3.63) is 29.8 Å². The number of halogens is 1. The third-order valence-corrected chi connectivity index (χ3v) is 5.78. The quantitative estimate of drug-likeness (QED) is 0.0266. The molecule has 0 aromatic heterocycles. The molecule has 226 valence electrons. The summed E-state index contributed by atoms with van der Waals surface area (Å²) < 4.78 is 5.35. The first-order valence-corrected chi connectivity index (χ1v) is 13.6. The van der Waals surface area contributed by atoms with Crippen LogP contribution in [0.2, 0.25) is 0 Å². The molecule has 0 aliphatic carbocycles. The molecule has 2 atom stereocenters. The first-order chi connectivity index (χ1) is 19.4. The van der Waals surface area contributed by atoms with Crippen molar-refractivity contribution in [1.29, 1.82) is 0 Å². The maximum Gasteiger partial charge on any atom is 0.326 e. The van der Waals surface area contributed by atoms with Gasteiger partial charge in [-0.25, -0.2) is 4.79 Å². The van der Waals surface area contributed by atoms with Gasteiger partial charge >= 0.3 is 5.97 Å². The number of amides is 3. The van der Waals surface area contributed by atoms with Crippen LogP contribution in [-0.4, -0.2) is 90.2 Å². The zero-order chi connectivity index (χ0) is 30.8. The van der Waals surface area contributed by atoms with E-state index in [-0.39, 0.29) is 55.4 Å². The molecule has 17 heteroatoms. The third-order valence-electron chi connectivity index (χ3n) is 5.27. The Balaban J connectivity index is 2.68. The molecular weight excluding hydrogens is 606 g/mol. The van der Waals surface area contributed by atoms with E-state index < -0.39 is 48.9 Å². The van der Waals surface area contributed by atoms with E-state index in [2.05, 4.69) is 41.9 Å². The van der Waals surface area contributed by atoms with Crippen molar-refractivity contribution in [3.63, 3.8) is 0 Å². The highest BCUT2D eigenvalue weighted by Gasteiger charge is 2.26. The number of nitrogens with zero attached hydrogens (tertiary/aromatic N) is 2. The van der Waals surface area contributed by atoms with Crippen LogP contribution in [0.15, 0.2) is 34.3 Å². The minimum atomic E-state index is -1.27. The van der Waals surface area contributed by atoms with Gasteiger partial charge in [0.05, 0.1) is 11.9 Å². The van der Waals surface area contributed by atoms with Crippen LogP contribution in [0.4, 0.5) is 0 Å². The van der Waals surface area contributed by atoms with E-state index in [0.29, 0.717) is 17.7 Å². The summed E-state index contributed by atoms with van der Waals surface area (Å²) in [6, 6.07) is 3.80. The van der Waals surface area contributed by atoms with Gasteiger partial charge < -0.3 is 48.7 Å². The average Bonchev–Trinajstić information content (AvgIpc) is 2.93.